The Labute approximate surface area is 152 Å². The third kappa shape index (κ3) is 3.23. The molecular formula is C19H24ClNO2S. The van der Waals surface area contributed by atoms with Gasteiger partial charge in [0.2, 0.25) is 0 Å². The number of piperidine rings is 1. The molecule has 130 valence electrons. The third-order valence-corrected chi connectivity index (χ3v) is 7.19. The molecule has 1 unspecified atom stereocenters. The first-order chi connectivity index (χ1) is 11.5. The van der Waals surface area contributed by atoms with Crippen molar-refractivity contribution in [3.63, 3.8) is 0 Å². The van der Waals surface area contributed by atoms with E-state index in [9.17, 15) is 5.11 Å². The van der Waals surface area contributed by atoms with Gasteiger partial charge in [-0.05, 0) is 32.3 Å². The van der Waals surface area contributed by atoms with E-state index in [0.29, 0.717) is 6.61 Å². The van der Waals surface area contributed by atoms with E-state index in [4.69, 9.17) is 16.3 Å². The van der Waals surface area contributed by atoms with Crippen LogP contribution in [-0.4, -0.2) is 40.9 Å². The summed E-state index contributed by atoms with van der Waals surface area (Å²) >= 11 is 8.38. The second kappa shape index (κ2) is 6.26. The summed E-state index contributed by atoms with van der Waals surface area (Å²) in [6.45, 7) is 5.53. The summed E-state index contributed by atoms with van der Waals surface area (Å²) in [6.07, 6.45) is 3.49. The second-order valence-electron chi connectivity index (χ2n) is 7.57. The molecule has 1 aromatic carbocycles. The van der Waals surface area contributed by atoms with Gasteiger partial charge in [-0.1, -0.05) is 29.8 Å². The van der Waals surface area contributed by atoms with Crippen LogP contribution in [0.15, 0.2) is 24.3 Å². The van der Waals surface area contributed by atoms with Crippen molar-refractivity contribution in [3.8, 4) is 0 Å². The van der Waals surface area contributed by atoms with Crippen LogP contribution in [0.25, 0.3) is 10.1 Å². The Balaban J connectivity index is 1.43. The van der Waals surface area contributed by atoms with E-state index in [0.717, 1.165) is 50.3 Å². The Hall–Kier alpha value is -0.650. The minimum atomic E-state index is -0.574. The summed E-state index contributed by atoms with van der Waals surface area (Å²) in [4.78, 5) is 3.72. The minimum Gasteiger partial charge on any atom is -0.390 e. The molecule has 0 amide bonds. The largest absolute Gasteiger partial charge is 0.390 e. The van der Waals surface area contributed by atoms with Gasteiger partial charge in [0.15, 0.2) is 0 Å². The van der Waals surface area contributed by atoms with Crippen molar-refractivity contribution in [2.24, 2.45) is 0 Å². The molecule has 2 aliphatic heterocycles. The first kappa shape index (κ1) is 16.8. The number of nitrogens with zero attached hydrogens (tertiary/aromatic N) is 1. The maximum Gasteiger partial charge on any atom is 0.0734 e. The molecule has 2 saturated heterocycles. The van der Waals surface area contributed by atoms with Gasteiger partial charge >= 0.3 is 0 Å². The lowest BCUT2D eigenvalue weighted by Crippen LogP contribution is -2.53. The Kier molecular flexibility index (Phi) is 4.38. The number of thiophene rings is 1. The highest BCUT2D eigenvalue weighted by Gasteiger charge is 2.44. The molecule has 5 heteroatoms. The predicted molar refractivity (Wildman–Crippen MR) is 99.9 cm³/mol. The predicted octanol–water partition coefficient (Wildman–Crippen LogP) is 4.45. The number of hydrogen-bond donors (Lipinski definition) is 1. The molecule has 1 N–H and O–H groups in total. The summed E-state index contributed by atoms with van der Waals surface area (Å²) in [5, 5.41) is 12.5. The van der Waals surface area contributed by atoms with Crippen LogP contribution in [-0.2, 0) is 11.3 Å². The van der Waals surface area contributed by atoms with Crippen LogP contribution in [0.5, 0.6) is 0 Å². The van der Waals surface area contributed by atoms with Crippen LogP contribution < -0.4 is 0 Å². The smallest absolute Gasteiger partial charge is 0.0734 e. The van der Waals surface area contributed by atoms with Crippen LogP contribution in [0.2, 0.25) is 5.02 Å². The highest BCUT2D eigenvalue weighted by atomic mass is 35.5. The average Bonchev–Trinajstić information content (AvgIpc) is 2.85. The highest BCUT2D eigenvalue weighted by Crippen LogP contribution is 2.41. The number of rotatable bonds is 2. The lowest BCUT2D eigenvalue weighted by Gasteiger charge is -2.48. The van der Waals surface area contributed by atoms with Gasteiger partial charge in [0.25, 0.3) is 0 Å². The van der Waals surface area contributed by atoms with E-state index in [-0.39, 0.29) is 5.60 Å². The number of hydrogen-bond acceptors (Lipinski definition) is 4. The van der Waals surface area contributed by atoms with Gasteiger partial charge in [-0.2, -0.15) is 0 Å². The van der Waals surface area contributed by atoms with E-state index in [1.54, 1.807) is 11.3 Å². The van der Waals surface area contributed by atoms with E-state index in [1.807, 2.05) is 13.0 Å². The third-order valence-electron chi connectivity index (χ3n) is 5.49. The molecule has 0 saturated carbocycles. The minimum absolute atomic E-state index is 0.123. The SMILES string of the molecule is CC1(O)CCOC2(CCN(Cc3sc4ccccc4c3Cl)CC2)C1. The van der Waals surface area contributed by atoms with E-state index in [1.165, 1.54) is 15.0 Å². The lowest BCUT2D eigenvalue weighted by atomic mass is 9.78. The van der Waals surface area contributed by atoms with Crippen molar-refractivity contribution in [1.29, 1.82) is 0 Å². The fourth-order valence-electron chi connectivity index (χ4n) is 4.13. The van der Waals surface area contributed by atoms with Crippen LogP contribution >= 0.6 is 22.9 Å². The molecule has 2 aromatic rings. The molecule has 4 rings (SSSR count). The van der Waals surface area contributed by atoms with Crippen LogP contribution in [0.3, 0.4) is 0 Å². The van der Waals surface area contributed by atoms with Gasteiger partial charge < -0.3 is 9.84 Å². The number of aliphatic hydroxyl groups is 1. The number of fused-ring (bicyclic) bond motifs is 1. The molecule has 2 aliphatic rings. The zero-order valence-electron chi connectivity index (χ0n) is 14.1. The molecule has 24 heavy (non-hydrogen) atoms. The Morgan fingerprint density at radius 2 is 2.00 bits per heavy atom. The van der Waals surface area contributed by atoms with Crippen molar-refractivity contribution in [2.75, 3.05) is 19.7 Å². The van der Waals surface area contributed by atoms with Gasteiger partial charge in [0, 0.05) is 41.0 Å². The Morgan fingerprint density at radius 3 is 2.71 bits per heavy atom. The Morgan fingerprint density at radius 1 is 1.25 bits per heavy atom. The normalized spacial score (nSPS) is 27.8. The van der Waals surface area contributed by atoms with Gasteiger partial charge in [0.1, 0.15) is 0 Å². The van der Waals surface area contributed by atoms with Crippen LogP contribution in [0.4, 0.5) is 0 Å². The van der Waals surface area contributed by atoms with Crippen molar-refractivity contribution in [3.05, 3.63) is 34.2 Å². The number of benzene rings is 1. The fourth-order valence-corrected chi connectivity index (χ4v) is 5.67. The Bertz CT molecular complexity index is 734. The van der Waals surface area contributed by atoms with Crippen molar-refractivity contribution in [2.45, 2.75) is 50.4 Å². The number of likely N-dealkylation sites (tertiary alicyclic amines) is 1. The molecule has 2 fully saturated rings. The zero-order valence-corrected chi connectivity index (χ0v) is 15.6. The quantitative estimate of drug-likeness (QED) is 0.853. The molecule has 3 nitrogen and oxygen atoms in total. The van der Waals surface area contributed by atoms with Gasteiger partial charge in [-0.25, -0.2) is 0 Å². The van der Waals surface area contributed by atoms with Crippen molar-refractivity contribution >= 4 is 33.0 Å². The molecule has 1 spiro atoms. The van der Waals surface area contributed by atoms with Crippen LogP contribution in [0, 0.1) is 0 Å². The molecule has 0 aliphatic carbocycles. The summed E-state index contributed by atoms with van der Waals surface area (Å²) in [7, 11) is 0. The highest BCUT2D eigenvalue weighted by molar-refractivity contribution is 7.19. The summed E-state index contributed by atoms with van der Waals surface area (Å²) < 4.78 is 7.36. The first-order valence-electron chi connectivity index (χ1n) is 8.71. The van der Waals surface area contributed by atoms with Gasteiger partial charge in [-0.3, -0.25) is 4.90 Å². The van der Waals surface area contributed by atoms with Crippen molar-refractivity contribution < 1.29 is 9.84 Å². The molecule has 1 atom stereocenters. The lowest BCUT2D eigenvalue weighted by molar-refractivity contribution is -0.173. The van der Waals surface area contributed by atoms with Crippen LogP contribution in [0.1, 0.15) is 37.5 Å². The number of ether oxygens (including phenoxy) is 1. The maximum absolute atomic E-state index is 10.4. The van der Waals surface area contributed by atoms with Gasteiger partial charge in [-0.15, -0.1) is 11.3 Å². The topological polar surface area (TPSA) is 32.7 Å². The summed E-state index contributed by atoms with van der Waals surface area (Å²) in [5.41, 5.74) is -0.697. The summed E-state index contributed by atoms with van der Waals surface area (Å²) in [5.74, 6) is 0. The second-order valence-corrected chi connectivity index (χ2v) is 9.08. The molecule has 0 radical (unpaired) electrons. The van der Waals surface area contributed by atoms with E-state index < -0.39 is 5.60 Å². The van der Waals surface area contributed by atoms with E-state index >= 15 is 0 Å². The summed E-state index contributed by atoms with van der Waals surface area (Å²) in [6, 6.07) is 8.34. The fraction of sp³-hybridized carbons (Fsp3) is 0.579. The molecular weight excluding hydrogens is 342 g/mol. The zero-order chi connectivity index (χ0) is 16.8. The molecule has 1 aromatic heterocycles. The monoisotopic (exact) mass is 365 g/mol. The van der Waals surface area contributed by atoms with Gasteiger partial charge in [0.05, 0.1) is 22.8 Å². The number of halogens is 1. The first-order valence-corrected chi connectivity index (χ1v) is 9.91. The standard InChI is InChI=1S/C19H24ClNO2S/c1-18(22)8-11-23-19(13-18)6-9-21(10-7-19)12-16-17(20)14-4-2-3-5-15(14)24-16/h2-5,22H,6-13H2,1H3. The average molecular weight is 366 g/mol. The van der Waals surface area contributed by atoms with E-state index in [2.05, 4.69) is 23.1 Å². The van der Waals surface area contributed by atoms with Crippen molar-refractivity contribution in [1.82, 2.24) is 4.90 Å². The maximum atomic E-state index is 10.4. The molecule has 0 bridgehead atoms. The molecule has 3 heterocycles.